The fourth-order valence-corrected chi connectivity index (χ4v) is 3.36. The predicted molar refractivity (Wildman–Crippen MR) is 90.3 cm³/mol. The summed E-state index contributed by atoms with van der Waals surface area (Å²) in [5.74, 6) is -0.270. The SMILES string of the molecule is N#Cc1ccc(C(=O)NCC(O)c2csc3ccccc23)cc1. The maximum atomic E-state index is 12.1. The first-order chi connectivity index (χ1) is 11.2. The quantitative estimate of drug-likeness (QED) is 0.774. The van der Waals surface area contributed by atoms with Gasteiger partial charge in [-0.1, -0.05) is 18.2 Å². The maximum Gasteiger partial charge on any atom is 0.251 e. The number of nitrogens with zero attached hydrogens (tertiary/aromatic N) is 1. The lowest BCUT2D eigenvalue weighted by Crippen LogP contribution is -2.28. The molecule has 0 aliphatic carbocycles. The van der Waals surface area contributed by atoms with Crippen LogP contribution < -0.4 is 5.32 Å². The van der Waals surface area contributed by atoms with Crippen LogP contribution in [0.1, 0.15) is 27.6 Å². The Morgan fingerprint density at radius 3 is 2.70 bits per heavy atom. The number of thiophene rings is 1. The lowest BCUT2D eigenvalue weighted by atomic mass is 10.1. The second kappa shape index (κ2) is 6.61. The van der Waals surface area contributed by atoms with Gasteiger partial charge >= 0.3 is 0 Å². The van der Waals surface area contributed by atoms with Gasteiger partial charge in [0.25, 0.3) is 5.91 Å². The molecule has 1 amide bonds. The van der Waals surface area contributed by atoms with Gasteiger partial charge in [0.05, 0.1) is 17.7 Å². The number of nitriles is 1. The number of rotatable bonds is 4. The molecule has 0 spiro atoms. The molecule has 0 aliphatic heterocycles. The molecule has 3 aromatic rings. The number of benzene rings is 2. The molecule has 2 aromatic carbocycles. The molecule has 0 saturated heterocycles. The average Bonchev–Trinajstić information content (AvgIpc) is 3.03. The summed E-state index contributed by atoms with van der Waals surface area (Å²) < 4.78 is 1.11. The first-order valence-corrected chi connectivity index (χ1v) is 7.99. The van der Waals surface area contributed by atoms with Crippen molar-refractivity contribution >= 4 is 27.3 Å². The van der Waals surface area contributed by atoms with Gasteiger partial charge in [0.15, 0.2) is 0 Å². The second-order valence-corrected chi connectivity index (χ2v) is 6.01. The van der Waals surface area contributed by atoms with Crippen LogP contribution >= 0.6 is 11.3 Å². The number of hydrogen-bond donors (Lipinski definition) is 2. The molecule has 1 atom stereocenters. The number of aliphatic hydroxyl groups is 1. The van der Waals surface area contributed by atoms with Crippen LogP contribution in [-0.2, 0) is 0 Å². The van der Waals surface area contributed by atoms with Crippen LogP contribution in [0, 0.1) is 11.3 Å². The van der Waals surface area contributed by atoms with Crippen LogP contribution in [0.15, 0.2) is 53.9 Å². The zero-order chi connectivity index (χ0) is 16.2. The van der Waals surface area contributed by atoms with E-state index in [4.69, 9.17) is 5.26 Å². The number of aliphatic hydroxyl groups excluding tert-OH is 1. The Morgan fingerprint density at radius 2 is 1.96 bits per heavy atom. The third-order valence-corrected chi connectivity index (χ3v) is 4.58. The van der Waals surface area contributed by atoms with E-state index in [9.17, 15) is 9.90 Å². The van der Waals surface area contributed by atoms with Gasteiger partial charge in [-0.2, -0.15) is 5.26 Å². The number of hydrogen-bond acceptors (Lipinski definition) is 4. The maximum absolute atomic E-state index is 12.1. The van der Waals surface area contributed by atoms with E-state index >= 15 is 0 Å². The van der Waals surface area contributed by atoms with E-state index in [0.717, 1.165) is 15.6 Å². The molecule has 0 saturated carbocycles. The van der Waals surface area contributed by atoms with E-state index in [1.165, 1.54) is 0 Å². The predicted octanol–water partition coefficient (Wildman–Crippen LogP) is 3.24. The van der Waals surface area contributed by atoms with Gasteiger partial charge in [0.2, 0.25) is 0 Å². The first kappa shape index (κ1) is 15.2. The topological polar surface area (TPSA) is 73.1 Å². The van der Waals surface area contributed by atoms with Crippen molar-refractivity contribution in [1.82, 2.24) is 5.32 Å². The minimum absolute atomic E-state index is 0.138. The summed E-state index contributed by atoms with van der Waals surface area (Å²) in [5, 5.41) is 24.7. The normalized spacial score (nSPS) is 11.8. The third kappa shape index (κ3) is 3.24. The molecule has 5 heteroatoms. The molecule has 1 aromatic heterocycles. The summed E-state index contributed by atoms with van der Waals surface area (Å²) in [6, 6.07) is 16.3. The second-order valence-electron chi connectivity index (χ2n) is 5.10. The monoisotopic (exact) mass is 322 g/mol. The van der Waals surface area contributed by atoms with Gasteiger partial charge in [-0.25, -0.2) is 0 Å². The highest BCUT2D eigenvalue weighted by Crippen LogP contribution is 2.29. The zero-order valence-corrected chi connectivity index (χ0v) is 13.0. The first-order valence-electron chi connectivity index (χ1n) is 7.11. The summed E-state index contributed by atoms with van der Waals surface area (Å²) in [6.45, 7) is 0.138. The van der Waals surface area contributed by atoms with Crippen molar-refractivity contribution in [3.8, 4) is 6.07 Å². The molecule has 2 N–H and O–H groups in total. The summed E-state index contributed by atoms with van der Waals surface area (Å²) in [4.78, 5) is 12.1. The Kier molecular flexibility index (Phi) is 4.38. The van der Waals surface area contributed by atoms with E-state index in [1.54, 1.807) is 35.6 Å². The van der Waals surface area contributed by atoms with Gasteiger partial charge in [0, 0.05) is 22.4 Å². The van der Waals surface area contributed by atoms with Crippen LogP contribution in [0.5, 0.6) is 0 Å². The van der Waals surface area contributed by atoms with Crippen molar-refractivity contribution < 1.29 is 9.90 Å². The largest absolute Gasteiger partial charge is 0.387 e. The average molecular weight is 322 g/mol. The number of amides is 1. The summed E-state index contributed by atoms with van der Waals surface area (Å²) >= 11 is 1.57. The van der Waals surface area contributed by atoms with Crippen LogP contribution in [0.3, 0.4) is 0 Å². The number of carbonyl (C=O) groups is 1. The van der Waals surface area contributed by atoms with Crippen molar-refractivity contribution in [2.24, 2.45) is 0 Å². The van der Waals surface area contributed by atoms with Gasteiger partial charge in [-0.05, 0) is 41.1 Å². The lowest BCUT2D eigenvalue weighted by molar-refractivity contribution is 0.0917. The van der Waals surface area contributed by atoms with Crippen LogP contribution in [-0.4, -0.2) is 17.6 Å². The molecule has 3 rings (SSSR count). The summed E-state index contributed by atoms with van der Waals surface area (Å²) in [7, 11) is 0. The molecule has 1 heterocycles. The van der Waals surface area contributed by atoms with Crippen molar-refractivity contribution in [1.29, 1.82) is 5.26 Å². The highest BCUT2D eigenvalue weighted by molar-refractivity contribution is 7.17. The van der Waals surface area contributed by atoms with E-state index in [-0.39, 0.29) is 12.5 Å². The van der Waals surface area contributed by atoms with Crippen LogP contribution in [0.2, 0.25) is 0 Å². The van der Waals surface area contributed by atoms with Gasteiger partial charge in [-0.15, -0.1) is 11.3 Å². The molecular formula is C18H14N2O2S. The Balaban J connectivity index is 1.67. The summed E-state index contributed by atoms with van der Waals surface area (Å²) in [6.07, 6.45) is -0.756. The molecule has 114 valence electrons. The fraction of sp³-hybridized carbons (Fsp3) is 0.111. The van der Waals surface area contributed by atoms with Crippen molar-refractivity contribution in [3.63, 3.8) is 0 Å². The van der Waals surface area contributed by atoms with Gasteiger partial charge in [-0.3, -0.25) is 4.79 Å². The van der Waals surface area contributed by atoms with E-state index in [1.807, 2.05) is 35.7 Å². The molecule has 0 bridgehead atoms. The third-order valence-electron chi connectivity index (χ3n) is 3.60. The molecule has 0 radical (unpaired) electrons. The van der Waals surface area contributed by atoms with Crippen LogP contribution in [0.25, 0.3) is 10.1 Å². The fourth-order valence-electron chi connectivity index (χ4n) is 2.35. The highest BCUT2D eigenvalue weighted by atomic mass is 32.1. The van der Waals surface area contributed by atoms with Crippen LogP contribution in [0.4, 0.5) is 0 Å². The van der Waals surface area contributed by atoms with Gasteiger partial charge < -0.3 is 10.4 Å². The number of fused-ring (bicyclic) bond motifs is 1. The van der Waals surface area contributed by atoms with Crippen molar-refractivity contribution in [3.05, 3.63) is 70.6 Å². The molecule has 4 nitrogen and oxygen atoms in total. The minimum Gasteiger partial charge on any atom is -0.387 e. The Hall–Kier alpha value is -2.68. The van der Waals surface area contributed by atoms with E-state index in [2.05, 4.69) is 5.32 Å². The van der Waals surface area contributed by atoms with Gasteiger partial charge in [0.1, 0.15) is 0 Å². The molecule has 1 unspecified atom stereocenters. The lowest BCUT2D eigenvalue weighted by Gasteiger charge is -2.11. The molecule has 23 heavy (non-hydrogen) atoms. The molecular weight excluding hydrogens is 308 g/mol. The molecule has 0 fully saturated rings. The number of nitrogens with one attached hydrogen (secondary N) is 1. The summed E-state index contributed by atoms with van der Waals surface area (Å²) in [5.41, 5.74) is 1.79. The zero-order valence-electron chi connectivity index (χ0n) is 12.2. The van der Waals surface area contributed by atoms with E-state index < -0.39 is 6.10 Å². The standard InChI is InChI=1S/C18H14N2O2S/c19-9-12-5-7-13(8-6-12)18(22)20-10-16(21)15-11-23-17-4-2-1-3-14(15)17/h1-8,11,16,21H,10H2,(H,20,22). The Morgan fingerprint density at radius 1 is 1.22 bits per heavy atom. The smallest absolute Gasteiger partial charge is 0.251 e. The van der Waals surface area contributed by atoms with Crippen molar-refractivity contribution in [2.45, 2.75) is 6.10 Å². The Labute approximate surface area is 137 Å². The number of carbonyl (C=O) groups excluding carboxylic acids is 1. The Bertz CT molecular complexity index is 878. The highest BCUT2D eigenvalue weighted by Gasteiger charge is 2.14. The van der Waals surface area contributed by atoms with Crippen molar-refractivity contribution in [2.75, 3.05) is 6.54 Å². The van der Waals surface area contributed by atoms with E-state index in [0.29, 0.717) is 11.1 Å². The molecule has 0 aliphatic rings. The minimum atomic E-state index is -0.756.